The first-order valence-electron chi connectivity index (χ1n) is 7.10. The van der Waals surface area contributed by atoms with E-state index in [0.717, 1.165) is 18.7 Å². The van der Waals surface area contributed by atoms with Gasteiger partial charge in [-0.15, -0.1) is 0 Å². The first-order valence-corrected chi connectivity index (χ1v) is 7.10. The smallest absolute Gasteiger partial charge is 0.218 e. The third kappa shape index (κ3) is 3.91. The van der Waals surface area contributed by atoms with E-state index >= 15 is 0 Å². The van der Waals surface area contributed by atoms with Crippen molar-refractivity contribution in [3.63, 3.8) is 0 Å². The molecule has 19 heavy (non-hydrogen) atoms. The Morgan fingerprint density at radius 2 is 2.11 bits per heavy atom. The van der Waals surface area contributed by atoms with Crippen LogP contribution in [0.5, 0.6) is 5.88 Å². The number of pyridine rings is 1. The molecule has 1 aliphatic rings. The topological polar surface area (TPSA) is 57.4 Å². The maximum atomic E-state index is 5.86. The van der Waals surface area contributed by atoms with Gasteiger partial charge in [0.15, 0.2) is 0 Å². The van der Waals surface area contributed by atoms with Crippen molar-refractivity contribution in [3.05, 3.63) is 23.9 Å². The quantitative estimate of drug-likeness (QED) is 0.857. The molecular formula is C15H24N2O2. The van der Waals surface area contributed by atoms with Crippen LogP contribution < -0.4 is 10.5 Å². The van der Waals surface area contributed by atoms with Crippen LogP contribution in [-0.4, -0.2) is 25.2 Å². The molecule has 4 heteroatoms. The maximum Gasteiger partial charge on any atom is 0.218 e. The second-order valence-electron chi connectivity index (χ2n) is 5.23. The highest BCUT2D eigenvalue weighted by molar-refractivity contribution is 5.24. The van der Waals surface area contributed by atoms with Gasteiger partial charge in [-0.05, 0) is 43.4 Å². The molecule has 1 fully saturated rings. The van der Waals surface area contributed by atoms with Crippen molar-refractivity contribution >= 4 is 0 Å². The second kappa shape index (κ2) is 7.46. The minimum atomic E-state index is 0.560. The summed E-state index contributed by atoms with van der Waals surface area (Å²) in [5.74, 6) is 1.90. The molecule has 0 radical (unpaired) electrons. The van der Waals surface area contributed by atoms with Crippen LogP contribution in [0.2, 0.25) is 0 Å². The number of nitrogens with zero attached hydrogens (tertiary/aromatic N) is 1. The van der Waals surface area contributed by atoms with Crippen molar-refractivity contribution < 1.29 is 9.47 Å². The van der Waals surface area contributed by atoms with E-state index in [1.807, 2.05) is 12.1 Å². The van der Waals surface area contributed by atoms with Crippen molar-refractivity contribution in [2.75, 3.05) is 20.3 Å². The van der Waals surface area contributed by atoms with E-state index in [9.17, 15) is 0 Å². The number of nitrogens with two attached hydrogens (primary N) is 1. The molecule has 1 aromatic rings. The number of methoxy groups -OCH3 is 1. The van der Waals surface area contributed by atoms with Gasteiger partial charge in [-0.25, -0.2) is 4.98 Å². The number of aromatic nitrogens is 1. The molecule has 2 rings (SSSR count). The molecule has 1 aliphatic carbocycles. The fourth-order valence-electron chi connectivity index (χ4n) is 2.85. The Morgan fingerprint density at radius 1 is 1.32 bits per heavy atom. The zero-order chi connectivity index (χ0) is 13.5. The van der Waals surface area contributed by atoms with Gasteiger partial charge in [-0.2, -0.15) is 0 Å². The predicted molar refractivity (Wildman–Crippen MR) is 74.9 cm³/mol. The molecule has 1 heterocycles. The SMILES string of the molecule is COc1ncccc1COCC1CCCCC1CN. The summed E-state index contributed by atoms with van der Waals surface area (Å²) in [5, 5.41) is 0. The molecule has 1 aromatic heterocycles. The van der Waals surface area contributed by atoms with Crippen molar-refractivity contribution in [1.29, 1.82) is 0 Å². The van der Waals surface area contributed by atoms with Crippen LogP contribution in [0.25, 0.3) is 0 Å². The number of rotatable bonds is 6. The molecular weight excluding hydrogens is 240 g/mol. The van der Waals surface area contributed by atoms with E-state index in [2.05, 4.69) is 4.98 Å². The summed E-state index contributed by atoms with van der Waals surface area (Å²) in [6.07, 6.45) is 6.84. The lowest BCUT2D eigenvalue weighted by Crippen LogP contribution is -2.29. The molecule has 2 N–H and O–H groups in total. The predicted octanol–water partition coefficient (Wildman–Crippen LogP) is 2.37. The number of ether oxygens (including phenoxy) is 2. The van der Waals surface area contributed by atoms with Gasteiger partial charge in [-0.3, -0.25) is 0 Å². The van der Waals surface area contributed by atoms with Gasteiger partial charge in [0.05, 0.1) is 20.3 Å². The summed E-state index contributed by atoms with van der Waals surface area (Å²) in [7, 11) is 1.64. The van der Waals surface area contributed by atoms with Crippen molar-refractivity contribution in [3.8, 4) is 5.88 Å². The lowest BCUT2D eigenvalue weighted by molar-refractivity contribution is 0.0501. The van der Waals surface area contributed by atoms with Gasteiger partial charge in [0.25, 0.3) is 0 Å². The van der Waals surface area contributed by atoms with Gasteiger partial charge < -0.3 is 15.2 Å². The Labute approximate surface area is 115 Å². The summed E-state index contributed by atoms with van der Waals surface area (Å²) in [5.41, 5.74) is 6.84. The van der Waals surface area contributed by atoms with Crippen LogP contribution in [0.15, 0.2) is 18.3 Å². The van der Waals surface area contributed by atoms with Gasteiger partial charge >= 0.3 is 0 Å². The molecule has 0 aliphatic heterocycles. The third-order valence-electron chi connectivity index (χ3n) is 4.00. The van der Waals surface area contributed by atoms with Crippen LogP contribution in [0.4, 0.5) is 0 Å². The van der Waals surface area contributed by atoms with Crippen LogP contribution in [0, 0.1) is 11.8 Å². The van der Waals surface area contributed by atoms with E-state index in [1.54, 1.807) is 13.3 Å². The molecule has 0 amide bonds. The minimum Gasteiger partial charge on any atom is -0.481 e. The summed E-state index contributed by atoms with van der Waals surface area (Å²) in [6, 6.07) is 3.90. The average Bonchev–Trinajstić information content (AvgIpc) is 2.48. The monoisotopic (exact) mass is 264 g/mol. The van der Waals surface area contributed by atoms with Crippen LogP contribution in [0.3, 0.4) is 0 Å². The summed E-state index contributed by atoms with van der Waals surface area (Å²) in [6.45, 7) is 2.13. The Bertz CT molecular complexity index is 384. The van der Waals surface area contributed by atoms with Gasteiger partial charge in [0.2, 0.25) is 5.88 Å². The molecule has 2 unspecified atom stereocenters. The van der Waals surface area contributed by atoms with Crippen molar-refractivity contribution in [1.82, 2.24) is 4.98 Å². The number of hydrogen-bond donors (Lipinski definition) is 1. The zero-order valence-corrected chi connectivity index (χ0v) is 11.7. The van der Waals surface area contributed by atoms with E-state index in [1.165, 1.54) is 25.7 Å². The molecule has 0 aromatic carbocycles. The van der Waals surface area contributed by atoms with Crippen molar-refractivity contribution in [2.45, 2.75) is 32.3 Å². The second-order valence-corrected chi connectivity index (χ2v) is 5.23. The Hall–Kier alpha value is -1.13. The first kappa shape index (κ1) is 14.3. The zero-order valence-electron chi connectivity index (χ0n) is 11.7. The lowest BCUT2D eigenvalue weighted by atomic mass is 9.80. The highest BCUT2D eigenvalue weighted by atomic mass is 16.5. The normalized spacial score (nSPS) is 23.3. The van der Waals surface area contributed by atoms with Crippen LogP contribution in [0.1, 0.15) is 31.2 Å². The maximum absolute atomic E-state index is 5.86. The Balaban J connectivity index is 1.82. The average molecular weight is 264 g/mol. The van der Waals surface area contributed by atoms with Gasteiger partial charge in [0, 0.05) is 11.8 Å². The molecule has 0 bridgehead atoms. The molecule has 1 saturated carbocycles. The largest absolute Gasteiger partial charge is 0.481 e. The molecule has 4 nitrogen and oxygen atoms in total. The van der Waals surface area contributed by atoms with E-state index in [0.29, 0.717) is 24.3 Å². The molecule has 0 saturated heterocycles. The number of hydrogen-bond acceptors (Lipinski definition) is 4. The van der Waals surface area contributed by atoms with E-state index < -0.39 is 0 Å². The lowest BCUT2D eigenvalue weighted by Gasteiger charge is -2.30. The summed E-state index contributed by atoms with van der Waals surface area (Å²) in [4.78, 5) is 4.17. The minimum absolute atomic E-state index is 0.560. The first-order chi connectivity index (χ1) is 9.35. The highest BCUT2D eigenvalue weighted by Gasteiger charge is 2.23. The summed E-state index contributed by atoms with van der Waals surface area (Å²) >= 11 is 0. The molecule has 2 atom stereocenters. The highest BCUT2D eigenvalue weighted by Crippen LogP contribution is 2.29. The van der Waals surface area contributed by atoms with Gasteiger partial charge in [-0.1, -0.05) is 12.8 Å². The van der Waals surface area contributed by atoms with Gasteiger partial charge in [0.1, 0.15) is 0 Å². The standard InChI is InChI=1S/C15H24N2O2/c1-18-15-14(7-4-8-17-15)11-19-10-13-6-3-2-5-12(13)9-16/h4,7-8,12-13H,2-3,5-6,9-11,16H2,1H3. The molecule has 0 spiro atoms. The Morgan fingerprint density at radius 3 is 2.84 bits per heavy atom. The third-order valence-corrected chi connectivity index (χ3v) is 4.00. The van der Waals surface area contributed by atoms with Crippen LogP contribution in [-0.2, 0) is 11.3 Å². The molecule has 106 valence electrons. The van der Waals surface area contributed by atoms with E-state index in [-0.39, 0.29) is 0 Å². The fraction of sp³-hybridized carbons (Fsp3) is 0.667. The van der Waals surface area contributed by atoms with Crippen LogP contribution >= 0.6 is 0 Å². The van der Waals surface area contributed by atoms with Crippen molar-refractivity contribution in [2.24, 2.45) is 17.6 Å². The van der Waals surface area contributed by atoms with E-state index in [4.69, 9.17) is 15.2 Å². The Kier molecular flexibility index (Phi) is 5.61. The fourth-order valence-corrected chi connectivity index (χ4v) is 2.85. The summed E-state index contributed by atoms with van der Waals surface area (Å²) < 4.78 is 11.1.